The highest BCUT2D eigenvalue weighted by Gasteiger charge is 1.74. The molecule has 0 rings (SSSR count). The summed E-state index contributed by atoms with van der Waals surface area (Å²) in [7, 11) is 0. The lowest BCUT2D eigenvalue weighted by atomic mass is 10.5. The predicted molar refractivity (Wildman–Crippen MR) is 29.2 cm³/mol. The second kappa shape index (κ2) is 5.05. The van der Waals surface area contributed by atoms with Crippen molar-refractivity contribution in [2.24, 2.45) is 0 Å². The molecule has 0 radical (unpaired) electrons. The van der Waals surface area contributed by atoms with Crippen molar-refractivity contribution in [2.45, 2.75) is 0 Å². The Balaban J connectivity index is 2.49. The van der Waals surface area contributed by atoms with E-state index in [4.69, 9.17) is 11.5 Å². The van der Waals surface area contributed by atoms with Crippen LogP contribution in [0, 0.1) is 0 Å². The van der Waals surface area contributed by atoms with E-state index in [0.717, 1.165) is 0 Å². The second-order valence-corrected chi connectivity index (χ2v) is 0.987. The fourth-order valence-electron chi connectivity index (χ4n) is 0.128. The normalized spacial score (nSPS) is 7.50. The SMILES string of the molecule is C=CCOBCl. The highest BCUT2D eigenvalue weighted by atomic mass is 35.5. The highest BCUT2D eigenvalue weighted by Crippen LogP contribution is 1.72. The highest BCUT2D eigenvalue weighted by molar-refractivity contribution is 6.89. The van der Waals surface area contributed by atoms with Crippen molar-refractivity contribution in [3.63, 3.8) is 0 Å². The summed E-state index contributed by atoms with van der Waals surface area (Å²) in [5.74, 6) is 0. The molecule has 0 unspecified atom stereocenters. The van der Waals surface area contributed by atoms with Crippen LogP contribution in [-0.4, -0.2) is 13.5 Å². The quantitative estimate of drug-likeness (QED) is 0.291. The number of rotatable bonds is 3. The molecular weight excluding hydrogens is 98.3 g/mol. The molecule has 0 heterocycles. The Labute approximate surface area is 43.1 Å². The van der Waals surface area contributed by atoms with Crippen LogP contribution >= 0.6 is 11.5 Å². The van der Waals surface area contributed by atoms with Crippen LogP contribution in [0.4, 0.5) is 0 Å². The third-order valence-electron chi connectivity index (χ3n) is 0.313. The summed E-state index contributed by atoms with van der Waals surface area (Å²) in [6.07, 6.45) is 1.66. The monoisotopic (exact) mass is 104 g/mol. The van der Waals surface area contributed by atoms with Gasteiger partial charge in [0.25, 0.3) is 0 Å². The number of hydrogen-bond donors (Lipinski definition) is 0. The summed E-state index contributed by atoms with van der Waals surface area (Å²) in [4.78, 5) is 0. The van der Waals surface area contributed by atoms with Gasteiger partial charge in [-0.3, -0.25) is 0 Å². The zero-order valence-electron chi connectivity index (χ0n) is 3.48. The predicted octanol–water partition coefficient (Wildman–Crippen LogP) is 0.694. The first kappa shape index (κ1) is 6.05. The Hall–Kier alpha value is 0.0549. The largest absolute Gasteiger partial charge is 0.421 e. The molecular formula is C3H6BClO. The molecule has 0 saturated heterocycles. The molecule has 1 nitrogen and oxygen atoms in total. The Kier molecular flexibility index (Phi) is 5.10. The van der Waals surface area contributed by atoms with E-state index < -0.39 is 0 Å². The smallest absolute Gasteiger partial charge is 0.380 e. The van der Waals surface area contributed by atoms with Gasteiger partial charge < -0.3 is 4.65 Å². The van der Waals surface area contributed by atoms with Crippen molar-refractivity contribution in [3.05, 3.63) is 12.7 Å². The van der Waals surface area contributed by atoms with Crippen molar-refractivity contribution < 1.29 is 4.65 Å². The molecule has 0 spiro atoms. The maximum atomic E-state index is 5.11. The summed E-state index contributed by atoms with van der Waals surface area (Å²) < 4.78 is 4.63. The van der Waals surface area contributed by atoms with Crippen molar-refractivity contribution >= 4 is 18.4 Å². The van der Waals surface area contributed by atoms with E-state index >= 15 is 0 Å². The molecule has 0 bridgehead atoms. The zero-order chi connectivity index (χ0) is 4.83. The van der Waals surface area contributed by atoms with E-state index in [1.165, 1.54) is 0 Å². The van der Waals surface area contributed by atoms with Gasteiger partial charge in [0.2, 0.25) is 0 Å². The number of halogens is 1. The van der Waals surface area contributed by atoms with E-state index in [1.54, 1.807) is 6.08 Å². The Morgan fingerprint density at radius 2 is 2.67 bits per heavy atom. The van der Waals surface area contributed by atoms with E-state index in [1.807, 2.05) is 0 Å². The summed E-state index contributed by atoms with van der Waals surface area (Å²) in [5, 5.41) is 0. The van der Waals surface area contributed by atoms with E-state index in [-0.39, 0.29) is 6.90 Å². The summed E-state index contributed by atoms with van der Waals surface area (Å²) in [6, 6.07) is 0. The van der Waals surface area contributed by atoms with Crippen molar-refractivity contribution in [1.29, 1.82) is 0 Å². The standard InChI is InChI=1S/C3H6BClO/c1-2-3-6-4-5/h2,4H,1,3H2. The molecule has 0 atom stereocenters. The van der Waals surface area contributed by atoms with Crippen LogP contribution in [-0.2, 0) is 4.65 Å². The molecule has 0 fully saturated rings. The van der Waals surface area contributed by atoms with Gasteiger partial charge >= 0.3 is 6.90 Å². The molecule has 3 heteroatoms. The van der Waals surface area contributed by atoms with Crippen molar-refractivity contribution in [3.8, 4) is 0 Å². The van der Waals surface area contributed by atoms with Gasteiger partial charge in [0.1, 0.15) is 0 Å². The van der Waals surface area contributed by atoms with Gasteiger partial charge in [-0.1, -0.05) is 6.08 Å². The minimum absolute atomic E-state index is 0.256. The summed E-state index contributed by atoms with van der Waals surface area (Å²) in [5.41, 5.74) is 0. The molecule has 0 aliphatic carbocycles. The molecule has 6 heavy (non-hydrogen) atoms. The van der Waals surface area contributed by atoms with Crippen LogP contribution in [0.1, 0.15) is 0 Å². The van der Waals surface area contributed by atoms with Gasteiger partial charge in [0.15, 0.2) is 0 Å². The number of hydrogen-bond acceptors (Lipinski definition) is 1. The van der Waals surface area contributed by atoms with Gasteiger partial charge in [-0.2, -0.15) is 11.5 Å². The molecule has 0 aromatic rings. The van der Waals surface area contributed by atoms with Crippen LogP contribution in [0.3, 0.4) is 0 Å². The van der Waals surface area contributed by atoms with Crippen LogP contribution < -0.4 is 0 Å². The van der Waals surface area contributed by atoms with Gasteiger partial charge in [-0.25, -0.2) is 0 Å². The average molecular weight is 104 g/mol. The van der Waals surface area contributed by atoms with Crippen molar-refractivity contribution in [1.82, 2.24) is 0 Å². The van der Waals surface area contributed by atoms with Gasteiger partial charge in [0.05, 0.1) is 0 Å². The first-order valence-corrected chi connectivity index (χ1v) is 2.20. The Morgan fingerprint density at radius 3 is 2.83 bits per heavy atom. The second-order valence-electron chi connectivity index (χ2n) is 0.769. The first-order chi connectivity index (χ1) is 2.91. The average Bonchev–Trinajstić information content (AvgIpc) is 1.61. The first-order valence-electron chi connectivity index (χ1n) is 1.66. The maximum absolute atomic E-state index is 5.11. The van der Waals surface area contributed by atoms with Crippen molar-refractivity contribution in [2.75, 3.05) is 6.61 Å². The summed E-state index contributed by atoms with van der Waals surface area (Å²) in [6.45, 7) is 4.22. The molecule has 34 valence electrons. The van der Waals surface area contributed by atoms with Gasteiger partial charge in [-0.15, -0.1) is 6.58 Å². The Morgan fingerprint density at radius 1 is 2.00 bits per heavy atom. The third kappa shape index (κ3) is 4.05. The molecule has 0 aromatic heterocycles. The minimum atomic E-state index is 0.256. The molecule has 0 amide bonds. The van der Waals surface area contributed by atoms with Gasteiger partial charge in [-0.05, 0) is 0 Å². The lowest BCUT2D eigenvalue weighted by Crippen LogP contribution is -1.87. The third-order valence-corrected chi connectivity index (χ3v) is 0.467. The lowest BCUT2D eigenvalue weighted by Gasteiger charge is -1.85. The molecule has 0 saturated carbocycles. The Bertz CT molecular complexity index is 39.8. The molecule has 0 aromatic carbocycles. The molecule has 0 N–H and O–H groups in total. The minimum Gasteiger partial charge on any atom is -0.421 e. The maximum Gasteiger partial charge on any atom is 0.380 e. The topological polar surface area (TPSA) is 9.23 Å². The van der Waals surface area contributed by atoms with Gasteiger partial charge in [0, 0.05) is 6.61 Å². The van der Waals surface area contributed by atoms with Crippen LogP contribution in [0.15, 0.2) is 12.7 Å². The summed E-state index contributed by atoms with van der Waals surface area (Å²) >= 11 is 5.11. The fraction of sp³-hybridized carbons (Fsp3) is 0.333. The zero-order valence-corrected chi connectivity index (χ0v) is 4.24. The van der Waals surface area contributed by atoms with Crippen LogP contribution in [0.2, 0.25) is 0 Å². The molecule has 0 aliphatic heterocycles. The lowest BCUT2D eigenvalue weighted by molar-refractivity contribution is 0.397. The van der Waals surface area contributed by atoms with E-state index in [9.17, 15) is 0 Å². The fourth-order valence-corrected chi connectivity index (χ4v) is 0.217. The van der Waals surface area contributed by atoms with E-state index in [0.29, 0.717) is 6.61 Å². The van der Waals surface area contributed by atoms with Crippen LogP contribution in [0.25, 0.3) is 0 Å². The molecule has 0 aliphatic rings. The van der Waals surface area contributed by atoms with E-state index in [2.05, 4.69) is 11.2 Å². The van der Waals surface area contributed by atoms with Crippen LogP contribution in [0.5, 0.6) is 0 Å².